The molecule has 0 aliphatic carbocycles. The number of alkyl halides is 3. The van der Waals surface area contributed by atoms with E-state index in [9.17, 15) is 18.0 Å². The molecule has 4 rings (SSSR count). The first kappa shape index (κ1) is 24.9. The zero-order valence-corrected chi connectivity index (χ0v) is 19.6. The fourth-order valence-corrected chi connectivity index (χ4v) is 4.22. The predicted molar refractivity (Wildman–Crippen MR) is 126 cm³/mol. The maximum Gasteiger partial charge on any atom is 0.410 e. The van der Waals surface area contributed by atoms with Gasteiger partial charge in [0.2, 0.25) is 0 Å². The monoisotopic (exact) mass is 499 g/mol. The number of nitrogens with zero attached hydrogens (tertiary/aromatic N) is 3. The van der Waals surface area contributed by atoms with Crippen molar-refractivity contribution in [2.24, 2.45) is 0 Å². The van der Waals surface area contributed by atoms with E-state index in [1.807, 2.05) is 6.07 Å². The third-order valence-electron chi connectivity index (χ3n) is 6.00. The molecule has 1 amide bonds. The van der Waals surface area contributed by atoms with Crippen molar-refractivity contribution in [1.82, 2.24) is 9.78 Å². The predicted octanol–water partition coefficient (Wildman–Crippen LogP) is 5.27. The van der Waals surface area contributed by atoms with Crippen LogP contribution in [0.15, 0.2) is 48.7 Å². The molecule has 0 spiro atoms. The first-order chi connectivity index (χ1) is 17.2. The summed E-state index contributed by atoms with van der Waals surface area (Å²) in [5.41, 5.74) is 1.85. The van der Waals surface area contributed by atoms with Gasteiger partial charge in [-0.05, 0) is 41.8 Å². The van der Waals surface area contributed by atoms with Crippen LogP contribution in [-0.4, -0.2) is 36.1 Å². The molecule has 2 atom stereocenters. The summed E-state index contributed by atoms with van der Waals surface area (Å²) in [5.74, 6) is 0.205. The van der Waals surface area contributed by atoms with Crippen LogP contribution in [0.1, 0.15) is 46.4 Å². The molecule has 0 radical (unpaired) electrons. The minimum absolute atomic E-state index is 0.0168. The van der Waals surface area contributed by atoms with Gasteiger partial charge in [0.15, 0.2) is 17.5 Å². The number of carbonyl (C=O) groups is 1. The largest absolute Gasteiger partial charge is 0.493 e. The first-order valence-corrected chi connectivity index (χ1v) is 11.1. The molecule has 0 unspecified atom stereocenters. The van der Waals surface area contributed by atoms with Gasteiger partial charge < -0.3 is 20.1 Å². The Morgan fingerprint density at radius 3 is 2.69 bits per heavy atom. The Labute approximate surface area is 205 Å². The first-order valence-electron chi connectivity index (χ1n) is 11.1. The second-order valence-corrected chi connectivity index (χ2v) is 8.27. The fraction of sp³-hybridized carbons (Fsp3) is 0.320. The molecular formula is C25H24F3N5O3. The highest BCUT2D eigenvalue weighted by atomic mass is 19.4. The van der Waals surface area contributed by atoms with Crippen LogP contribution < -0.4 is 20.1 Å². The van der Waals surface area contributed by atoms with Gasteiger partial charge in [0, 0.05) is 18.5 Å². The maximum absolute atomic E-state index is 14.0. The SMILES string of the molecule is COc1ccc([C@@H]2C[C@@H](C(F)(F)F)n3ncc(C(=O)Nc4cccc(CCC#N)c4)c3N2)cc1OC. The number of aryl methyl sites for hydroxylation is 1. The van der Waals surface area contributed by atoms with Crippen molar-refractivity contribution in [1.29, 1.82) is 5.26 Å². The Morgan fingerprint density at radius 2 is 2.00 bits per heavy atom. The average molecular weight is 499 g/mol. The normalized spacial score (nSPS) is 16.9. The van der Waals surface area contributed by atoms with Crippen LogP contribution >= 0.6 is 0 Å². The van der Waals surface area contributed by atoms with Gasteiger partial charge in [0.05, 0.1) is 32.5 Å². The minimum Gasteiger partial charge on any atom is -0.493 e. The van der Waals surface area contributed by atoms with Crippen LogP contribution in [0.5, 0.6) is 11.5 Å². The van der Waals surface area contributed by atoms with Gasteiger partial charge >= 0.3 is 6.18 Å². The van der Waals surface area contributed by atoms with E-state index >= 15 is 0 Å². The topological polar surface area (TPSA) is 101 Å². The van der Waals surface area contributed by atoms with Crippen LogP contribution in [0.2, 0.25) is 0 Å². The lowest BCUT2D eigenvalue weighted by Gasteiger charge is -2.34. The van der Waals surface area contributed by atoms with Gasteiger partial charge in [-0.2, -0.15) is 23.5 Å². The number of carbonyl (C=O) groups excluding carboxylic acids is 1. The molecule has 188 valence electrons. The van der Waals surface area contributed by atoms with Crippen molar-refractivity contribution in [2.75, 3.05) is 24.9 Å². The number of methoxy groups -OCH3 is 2. The molecule has 1 aliphatic rings. The summed E-state index contributed by atoms with van der Waals surface area (Å²) in [6, 6.07) is 11.2. The Balaban J connectivity index is 1.65. The second kappa shape index (κ2) is 10.2. The van der Waals surface area contributed by atoms with Crippen molar-refractivity contribution >= 4 is 17.4 Å². The molecular weight excluding hydrogens is 475 g/mol. The number of fused-ring (bicyclic) bond motifs is 1. The molecule has 0 fully saturated rings. The number of rotatable bonds is 7. The van der Waals surface area contributed by atoms with Crippen LogP contribution in [0, 0.1) is 11.3 Å². The Bertz CT molecular complexity index is 1300. The number of nitriles is 1. The Morgan fingerprint density at radius 1 is 1.22 bits per heavy atom. The number of anilines is 2. The fourth-order valence-electron chi connectivity index (χ4n) is 4.22. The van der Waals surface area contributed by atoms with Crippen molar-refractivity contribution < 1.29 is 27.4 Å². The molecule has 36 heavy (non-hydrogen) atoms. The standard InChI is InChI=1S/C25H24F3N5O3/c1-35-20-9-8-16(12-21(20)36-2)19-13-22(25(26,27)28)33-23(32-19)18(14-30-33)24(34)31-17-7-3-5-15(11-17)6-4-10-29/h3,5,7-9,11-12,14,19,22,32H,4,6,13H2,1-2H3,(H,31,34)/t19-,22-/m0/s1. The molecule has 2 N–H and O–H groups in total. The molecule has 3 aromatic rings. The lowest BCUT2D eigenvalue weighted by atomic mass is 9.96. The van der Waals surface area contributed by atoms with Crippen molar-refractivity contribution in [3.05, 3.63) is 65.4 Å². The highest BCUT2D eigenvalue weighted by Gasteiger charge is 2.47. The van der Waals surface area contributed by atoms with Gasteiger partial charge in [-0.1, -0.05) is 18.2 Å². The van der Waals surface area contributed by atoms with Crippen LogP contribution in [0.25, 0.3) is 0 Å². The van der Waals surface area contributed by atoms with Crippen molar-refractivity contribution in [3.8, 4) is 17.6 Å². The van der Waals surface area contributed by atoms with Gasteiger partial charge in [-0.25, -0.2) is 4.68 Å². The Kier molecular flexibility index (Phi) is 7.05. The molecule has 2 aromatic carbocycles. The number of aromatic nitrogens is 2. The Hall–Kier alpha value is -4.20. The van der Waals surface area contributed by atoms with Crippen LogP contribution in [-0.2, 0) is 6.42 Å². The molecule has 11 heteroatoms. The number of ether oxygens (including phenoxy) is 2. The van der Waals surface area contributed by atoms with Gasteiger partial charge in [-0.15, -0.1) is 0 Å². The number of hydrogen-bond donors (Lipinski definition) is 2. The van der Waals surface area contributed by atoms with E-state index in [-0.39, 0.29) is 17.8 Å². The number of halogens is 3. The molecule has 2 heterocycles. The van der Waals surface area contributed by atoms with E-state index in [1.54, 1.807) is 36.4 Å². The average Bonchev–Trinajstić information content (AvgIpc) is 3.30. The van der Waals surface area contributed by atoms with E-state index in [0.29, 0.717) is 35.6 Å². The van der Waals surface area contributed by atoms with Crippen molar-refractivity contribution in [3.63, 3.8) is 0 Å². The third kappa shape index (κ3) is 5.07. The minimum atomic E-state index is -4.58. The molecule has 1 aromatic heterocycles. The van der Waals surface area contributed by atoms with Crippen molar-refractivity contribution in [2.45, 2.75) is 37.5 Å². The number of hydrogen-bond acceptors (Lipinski definition) is 6. The third-order valence-corrected chi connectivity index (χ3v) is 6.00. The highest BCUT2D eigenvalue weighted by molar-refractivity contribution is 6.07. The van der Waals surface area contributed by atoms with Crippen LogP contribution in [0.4, 0.5) is 24.7 Å². The number of amides is 1. The lowest BCUT2D eigenvalue weighted by molar-refractivity contribution is -0.173. The van der Waals surface area contributed by atoms with Gasteiger partial charge in [0.25, 0.3) is 5.91 Å². The molecule has 0 saturated carbocycles. The summed E-state index contributed by atoms with van der Waals surface area (Å²) >= 11 is 0. The summed E-state index contributed by atoms with van der Waals surface area (Å²) in [7, 11) is 2.92. The molecule has 8 nitrogen and oxygen atoms in total. The second-order valence-electron chi connectivity index (χ2n) is 8.27. The highest BCUT2D eigenvalue weighted by Crippen LogP contribution is 2.45. The van der Waals surface area contributed by atoms with Gasteiger partial charge in [0.1, 0.15) is 11.4 Å². The molecule has 0 bridgehead atoms. The quantitative estimate of drug-likeness (QED) is 0.459. The number of benzene rings is 2. The zero-order valence-electron chi connectivity index (χ0n) is 19.6. The summed E-state index contributed by atoms with van der Waals surface area (Å²) in [4.78, 5) is 13.1. The molecule has 1 aliphatic heterocycles. The maximum atomic E-state index is 14.0. The summed E-state index contributed by atoms with van der Waals surface area (Å²) < 4.78 is 53.4. The van der Waals surface area contributed by atoms with Crippen LogP contribution in [0.3, 0.4) is 0 Å². The summed E-state index contributed by atoms with van der Waals surface area (Å²) in [5, 5.41) is 18.5. The van der Waals surface area contributed by atoms with E-state index in [0.717, 1.165) is 16.4 Å². The molecule has 0 saturated heterocycles. The summed E-state index contributed by atoms with van der Waals surface area (Å²) in [6.45, 7) is 0. The number of nitrogens with one attached hydrogen (secondary N) is 2. The van der Waals surface area contributed by atoms with Gasteiger partial charge in [-0.3, -0.25) is 4.79 Å². The summed E-state index contributed by atoms with van der Waals surface area (Å²) in [6.07, 6.45) is -2.93. The van der Waals surface area contributed by atoms with E-state index in [1.165, 1.54) is 14.2 Å². The smallest absolute Gasteiger partial charge is 0.410 e. The van der Waals surface area contributed by atoms with E-state index in [2.05, 4.69) is 21.8 Å². The van der Waals surface area contributed by atoms with E-state index in [4.69, 9.17) is 14.7 Å². The zero-order chi connectivity index (χ0) is 25.9. The van der Waals surface area contributed by atoms with E-state index < -0.39 is 24.2 Å². The lowest BCUT2D eigenvalue weighted by Crippen LogP contribution is -2.36.